The molecule has 0 aliphatic carbocycles. The second-order valence-corrected chi connectivity index (χ2v) is 8.88. The molecule has 2 heterocycles. The fourth-order valence-corrected chi connectivity index (χ4v) is 4.23. The topological polar surface area (TPSA) is 94.2 Å². The largest absolute Gasteiger partial charge is 0.497 e. The Labute approximate surface area is 227 Å². The Morgan fingerprint density at radius 3 is 2.42 bits per heavy atom. The van der Waals surface area contributed by atoms with E-state index in [2.05, 4.69) is 15.4 Å². The minimum Gasteiger partial charge on any atom is -0.497 e. The van der Waals surface area contributed by atoms with Gasteiger partial charge in [-0.2, -0.15) is 18.3 Å². The van der Waals surface area contributed by atoms with E-state index in [0.717, 1.165) is 10.2 Å². The number of hydrogen-bond donors (Lipinski definition) is 2. The van der Waals surface area contributed by atoms with E-state index in [0.29, 0.717) is 41.0 Å². The van der Waals surface area contributed by atoms with Crippen LogP contribution in [0.15, 0.2) is 91.3 Å². The summed E-state index contributed by atoms with van der Waals surface area (Å²) in [6.45, 7) is 0.242. The number of hydrogen-bond acceptors (Lipinski definition) is 5. The summed E-state index contributed by atoms with van der Waals surface area (Å²) in [5.41, 5.74) is 1.12. The van der Waals surface area contributed by atoms with E-state index >= 15 is 0 Å². The number of aromatic nitrogens is 4. The number of anilines is 1. The standard InChI is InChI=1S/C29H24F3N5O3/c1-40-22-10-8-21(9-11-22)37-25(16-26(35-37)29(30,31)32)28(39)34-24-12-7-20(18-38)15-23(24)27-33-13-14-36(27)17-19-5-3-2-4-6-19/h2-16,38H,17-18H2,1H3,(H,34,39). The summed E-state index contributed by atoms with van der Waals surface area (Å²) in [5.74, 6) is 0.199. The fourth-order valence-electron chi connectivity index (χ4n) is 4.23. The van der Waals surface area contributed by atoms with Crippen LogP contribution in [0.3, 0.4) is 0 Å². The Morgan fingerprint density at radius 1 is 1.00 bits per heavy atom. The van der Waals surface area contributed by atoms with Gasteiger partial charge in [0, 0.05) is 30.6 Å². The van der Waals surface area contributed by atoms with Crippen LogP contribution in [0.5, 0.6) is 5.75 Å². The first-order valence-electron chi connectivity index (χ1n) is 12.2. The van der Waals surface area contributed by atoms with Gasteiger partial charge in [-0.15, -0.1) is 0 Å². The van der Waals surface area contributed by atoms with Gasteiger partial charge in [-0.3, -0.25) is 4.79 Å². The van der Waals surface area contributed by atoms with Crippen LogP contribution in [0.2, 0.25) is 0 Å². The molecule has 11 heteroatoms. The van der Waals surface area contributed by atoms with Gasteiger partial charge in [-0.05, 0) is 47.5 Å². The third kappa shape index (κ3) is 5.59. The number of ether oxygens (including phenoxy) is 1. The third-order valence-electron chi connectivity index (χ3n) is 6.22. The van der Waals surface area contributed by atoms with Crippen molar-refractivity contribution in [1.82, 2.24) is 19.3 Å². The molecule has 3 aromatic carbocycles. The van der Waals surface area contributed by atoms with Crippen LogP contribution in [-0.2, 0) is 19.3 Å². The molecular formula is C29H24F3N5O3. The Kier molecular flexibility index (Phi) is 7.39. The van der Waals surface area contributed by atoms with Gasteiger partial charge in [-0.1, -0.05) is 36.4 Å². The second-order valence-electron chi connectivity index (χ2n) is 8.88. The maximum absolute atomic E-state index is 13.6. The lowest BCUT2D eigenvalue weighted by Crippen LogP contribution is -2.18. The number of nitrogens with zero attached hydrogens (tertiary/aromatic N) is 4. The van der Waals surface area contributed by atoms with Gasteiger partial charge in [0.1, 0.15) is 17.3 Å². The summed E-state index contributed by atoms with van der Waals surface area (Å²) in [7, 11) is 1.47. The predicted octanol–water partition coefficient (Wildman–Crippen LogP) is 5.56. The monoisotopic (exact) mass is 547 g/mol. The van der Waals surface area contributed by atoms with Gasteiger partial charge >= 0.3 is 6.18 Å². The summed E-state index contributed by atoms with van der Waals surface area (Å²) in [5, 5.41) is 16.2. The molecule has 2 N–H and O–H groups in total. The zero-order valence-corrected chi connectivity index (χ0v) is 21.3. The highest BCUT2D eigenvalue weighted by Crippen LogP contribution is 2.32. The molecule has 0 fully saturated rings. The molecule has 5 aromatic rings. The van der Waals surface area contributed by atoms with Crippen molar-refractivity contribution in [3.63, 3.8) is 0 Å². The lowest BCUT2D eigenvalue weighted by molar-refractivity contribution is -0.141. The molecular weight excluding hydrogens is 523 g/mol. The van der Waals surface area contributed by atoms with Crippen molar-refractivity contribution in [2.24, 2.45) is 0 Å². The molecule has 0 unspecified atom stereocenters. The van der Waals surface area contributed by atoms with Crippen molar-refractivity contribution in [1.29, 1.82) is 0 Å². The van der Waals surface area contributed by atoms with Crippen LogP contribution in [0.1, 0.15) is 27.3 Å². The molecule has 0 aliphatic heterocycles. The summed E-state index contributed by atoms with van der Waals surface area (Å²) >= 11 is 0. The normalized spacial score (nSPS) is 11.4. The summed E-state index contributed by atoms with van der Waals surface area (Å²) in [6.07, 6.45) is -1.36. The Hall–Kier alpha value is -4.90. The number of carbonyl (C=O) groups is 1. The predicted molar refractivity (Wildman–Crippen MR) is 142 cm³/mol. The average Bonchev–Trinajstić information content (AvgIpc) is 3.62. The minimum absolute atomic E-state index is 0.246. The molecule has 0 aliphatic rings. The van der Waals surface area contributed by atoms with Gasteiger partial charge in [0.25, 0.3) is 5.91 Å². The number of aliphatic hydroxyl groups excluding tert-OH is 1. The number of halogens is 3. The molecule has 0 spiro atoms. The fraction of sp³-hybridized carbons (Fsp3) is 0.138. The molecule has 0 saturated heterocycles. The third-order valence-corrected chi connectivity index (χ3v) is 6.22. The first-order valence-corrected chi connectivity index (χ1v) is 12.2. The molecule has 5 rings (SSSR count). The van der Waals surface area contributed by atoms with E-state index in [9.17, 15) is 23.1 Å². The number of rotatable bonds is 8. The van der Waals surface area contributed by atoms with Gasteiger partial charge in [-0.25, -0.2) is 9.67 Å². The number of nitrogens with one attached hydrogen (secondary N) is 1. The highest BCUT2D eigenvalue weighted by Gasteiger charge is 2.36. The molecule has 0 atom stereocenters. The smallest absolute Gasteiger partial charge is 0.435 e. The van der Waals surface area contributed by atoms with Gasteiger partial charge in [0.2, 0.25) is 0 Å². The minimum atomic E-state index is -4.76. The quantitative estimate of drug-likeness (QED) is 0.266. The van der Waals surface area contributed by atoms with Gasteiger partial charge in [0.05, 0.1) is 25.1 Å². The van der Waals surface area contributed by atoms with Gasteiger partial charge < -0.3 is 19.7 Å². The Morgan fingerprint density at radius 2 is 1.75 bits per heavy atom. The number of alkyl halides is 3. The zero-order chi connectivity index (χ0) is 28.3. The maximum atomic E-state index is 13.6. The van der Waals surface area contributed by atoms with Crippen LogP contribution in [0.25, 0.3) is 17.1 Å². The molecule has 0 saturated carbocycles. The molecule has 0 bridgehead atoms. The molecule has 40 heavy (non-hydrogen) atoms. The number of methoxy groups -OCH3 is 1. The van der Waals surface area contributed by atoms with Crippen molar-refractivity contribution in [3.05, 3.63) is 114 Å². The van der Waals surface area contributed by atoms with E-state index in [1.807, 2.05) is 34.9 Å². The van der Waals surface area contributed by atoms with E-state index in [4.69, 9.17) is 4.74 Å². The number of benzene rings is 3. The molecule has 1 amide bonds. The number of amides is 1. The van der Waals surface area contributed by atoms with Crippen LogP contribution in [0, 0.1) is 0 Å². The first kappa shape index (κ1) is 26.7. The lowest BCUT2D eigenvalue weighted by Gasteiger charge is -2.15. The SMILES string of the molecule is COc1ccc(-n2nc(C(F)(F)F)cc2C(=O)Nc2ccc(CO)cc2-c2nccn2Cc2ccccc2)cc1. The van der Waals surface area contributed by atoms with Crippen LogP contribution < -0.4 is 10.1 Å². The molecule has 2 aromatic heterocycles. The van der Waals surface area contributed by atoms with Gasteiger partial charge in [0.15, 0.2) is 5.69 Å². The van der Waals surface area contributed by atoms with E-state index in [1.165, 1.54) is 19.2 Å². The van der Waals surface area contributed by atoms with Crippen molar-refractivity contribution in [3.8, 4) is 22.8 Å². The molecule has 0 radical (unpaired) electrons. The van der Waals surface area contributed by atoms with Crippen LogP contribution >= 0.6 is 0 Å². The van der Waals surface area contributed by atoms with E-state index < -0.39 is 17.8 Å². The zero-order valence-electron chi connectivity index (χ0n) is 21.3. The highest BCUT2D eigenvalue weighted by atomic mass is 19.4. The first-order chi connectivity index (χ1) is 19.3. The average molecular weight is 548 g/mol. The molecule has 204 valence electrons. The summed E-state index contributed by atoms with van der Waals surface area (Å²) in [4.78, 5) is 18.0. The summed E-state index contributed by atoms with van der Waals surface area (Å²) < 4.78 is 48.7. The van der Waals surface area contributed by atoms with Crippen molar-refractivity contribution >= 4 is 11.6 Å². The number of imidazole rings is 1. The number of carbonyl (C=O) groups excluding carboxylic acids is 1. The summed E-state index contributed by atoms with van der Waals surface area (Å²) in [6, 6.07) is 21.4. The van der Waals surface area contributed by atoms with Crippen molar-refractivity contribution in [2.75, 3.05) is 12.4 Å². The molecule has 8 nitrogen and oxygen atoms in total. The highest BCUT2D eigenvalue weighted by molar-refractivity contribution is 6.05. The van der Waals surface area contributed by atoms with Crippen LogP contribution in [0.4, 0.5) is 18.9 Å². The van der Waals surface area contributed by atoms with Crippen LogP contribution in [-0.4, -0.2) is 37.5 Å². The number of aliphatic hydroxyl groups is 1. The maximum Gasteiger partial charge on any atom is 0.435 e. The second kappa shape index (κ2) is 11.1. The van der Waals surface area contributed by atoms with Crippen molar-refractivity contribution < 1.29 is 27.8 Å². The van der Waals surface area contributed by atoms with E-state index in [-0.39, 0.29) is 18.0 Å². The Balaban J connectivity index is 1.53. The van der Waals surface area contributed by atoms with Crippen molar-refractivity contribution in [2.45, 2.75) is 19.3 Å². The van der Waals surface area contributed by atoms with E-state index in [1.54, 1.807) is 42.7 Å². The lowest BCUT2D eigenvalue weighted by atomic mass is 10.1. The Bertz CT molecular complexity index is 1630.